The highest BCUT2D eigenvalue weighted by molar-refractivity contribution is 5.69. The van der Waals surface area contributed by atoms with Gasteiger partial charge in [0, 0.05) is 19.6 Å². The van der Waals surface area contributed by atoms with Crippen LogP contribution in [0.1, 0.15) is 20.8 Å². The molecule has 16 heavy (non-hydrogen) atoms. The zero-order valence-electron chi connectivity index (χ0n) is 9.80. The standard InChI is InChI=1S/C10H18F2N2O2/c1-9(2,3)16-8(15)14-5-10(4-13,6-14)7(11)12/h7H,4-6,13H2,1-3H3. The number of carbonyl (C=O) groups is 1. The summed E-state index contributed by atoms with van der Waals surface area (Å²) in [5, 5.41) is 0. The largest absolute Gasteiger partial charge is 0.444 e. The van der Waals surface area contributed by atoms with Crippen LogP contribution in [-0.2, 0) is 4.74 Å². The first kappa shape index (κ1) is 13.2. The quantitative estimate of drug-likeness (QED) is 0.789. The summed E-state index contributed by atoms with van der Waals surface area (Å²) >= 11 is 0. The van der Waals surface area contributed by atoms with Gasteiger partial charge in [0.2, 0.25) is 6.43 Å². The number of halogens is 2. The van der Waals surface area contributed by atoms with Crippen molar-refractivity contribution < 1.29 is 18.3 Å². The first-order valence-corrected chi connectivity index (χ1v) is 5.16. The molecule has 0 saturated carbocycles. The van der Waals surface area contributed by atoms with E-state index in [0.717, 1.165) is 0 Å². The Balaban J connectivity index is 2.49. The van der Waals surface area contributed by atoms with E-state index in [9.17, 15) is 13.6 Å². The van der Waals surface area contributed by atoms with Crippen molar-refractivity contribution in [3.63, 3.8) is 0 Å². The third kappa shape index (κ3) is 2.61. The van der Waals surface area contributed by atoms with Gasteiger partial charge in [-0.25, -0.2) is 13.6 Å². The van der Waals surface area contributed by atoms with Gasteiger partial charge in [-0.3, -0.25) is 0 Å². The lowest BCUT2D eigenvalue weighted by molar-refractivity contribution is -0.104. The van der Waals surface area contributed by atoms with Crippen LogP contribution in [0.4, 0.5) is 13.6 Å². The van der Waals surface area contributed by atoms with Gasteiger partial charge >= 0.3 is 6.09 Å². The normalized spacial score (nSPS) is 19.6. The van der Waals surface area contributed by atoms with Crippen LogP contribution in [0.5, 0.6) is 0 Å². The molecule has 2 N–H and O–H groups in total. The Hall–Kier alpha value is -0.910. The third-order valence-electron chi connectivity index (χ3n) is 2.53. The summed E-state index contributed by atoms with van der Waals surface area (Å²) in [5.41, 5.74) is 3.45. The molecule has 0 aromatic rings. The monoisotopic (exact) mass is 236 g/mol. The van der Waals surface area contributed by atoms with Crippen molar-refractivity contribution in [2.75, 3.05) is 19.6 Å². The molecule has 0 unspecified atom stereocenters. The van der Waals surface area contributed by atoms with Crippen LogP contribution >= 0.6 is 0 Å². The fraction of sp³-hybridized carbons (Fsp3) is 0.900. The number of nitrogens with two attached hydrogens (primary N) is 1. The Morgan fingerprint density at radius 1 is 1.50 bits per heavy atom. The van der Waals surface area contributed by atoms with Crippen molar-refractivity contribution in [2.24, 2.45) is 11.1 Å². The number of hydrogen-bond acceptors (Lipinski definition) is 3. The van der Waals surface area contributed by atoms with Gasteiger partial charge < -0.3 is 15.4 Å². The minimum Gasteiger partial charge on any atom is -0.444 e. The van der Waals surface area contributed by atoms with Crippen molar-refractivity contribution in [3.05, 3.63) is 0 Å². The lowest BCUT2D eigenvalue weighted by atomic mass is 9.80. The van der Waals surface area contributed by atoms with Crippen LogP contribution in [-0.4, -0.2) is 42.7 Å². The molecule has 1 saturated heterocycles. The number of rotatable bonds is 2. The van der Waals surface area contributed by atoms with E-state index in [-0.39, 0.29) is 19.6 Å². The van der Waals surface area contributed by atoms with Gasteiger partial charge in [0.25, 0.3) is 0 Å². The van der Waals surface area contributed by atoms with Gasteiger partial charge in [-0.1, -0.05) is 0 Å². The number of amides is 1. The molecule has 1 aliphatic rings. The summed E-state index contributed by atoms with van der Waals surface area (Å²) in [6.07, 6.45) is -3.06. The Bertz CT molecular complexity index is 270. The van der Waals surface area contributed by atoms with Crippen molar-refractivity contribution in [1.29, 1.82) is 0 Å². The molecule has 0 aromatic heterocycles. The maximum Gasteiger partial charge on any atom is 0.410 e. The number of hydrogen-bond donors (Lipinski definition) is 1. The maximum absolute atomic E-state index is 12.7. The second kappa shape index (κ2) is 4.16. The molecule has 1 aliphatic heterocycles. The van der Waals surface area contributed by atoms with E-state index in [2.05, 4.69) is 0 Å². The van der Waals surface area contributed by atoms with Gasteiger partial charge in [-0.15, -0.1) is 0 Å². The smallest absolute Gasteiger partial charge is 0.410 e. The fourth-order valence-electron chi connectivity index (χ4n) is 1.53. The highest BCUT2D eigenvalue weighted by Gasteiger charge is 2.52. The van der Waals surface area contributed by atoms with E-state index in [1.807, 2.05) is 0 Å². The second-order valence-electron chi connectivity index (χ2n) is 5.20. The molecule has 4 nitrogen and oxygen atoms in total. The number of likely N-dealkylation sites (tertiary alicyclic amines) is 1. The van der Waals surface area contributed by atoms with E-state index < -0.39 is 23.5 Å². The average molecular weight is 236 g/mol. The van der Waals surface area contributed by atoms with E-state index in [1.165, 1.54) is 4.90 Å². The van der Waals surface area contributed by atoms with Crippen LogP contribution in [0.3, 0.4) is 0 Å². The molecule has 1 heterocycles. The molecule has 94 valence electrons. The van der Waals surface area contributed by atoms with Crippen LogP contribution in [0.25, 0.3) is 0 Å². The molecule has 1 amide bonds. The predicted octanol–water partition coefficient (Wildman–Crippen LogP) is 1.45. The molecular formula is C10H18F2N2O2. The van der Waals surface area contributed by atoms with Crippen LogP contribution in [0.15, 0.2) is 0 Å². The summed E-state index contributed by atoms with van der Waals surface area (Å²) in [6, 6.07) is 0. The van der Waals surface area contributed by atoms with E-state index in [4.69, 9.17) is 10.5 Å². The number of carbonyl (C=O) groups excluding carboxylic acids is 1. The van der Waals surface area contributed by atoms with Crippen molar-refractivity contribution in [3.8, 4) is 0 Å². The molecule has 0 spiro atoms. The number of alkyl halides is 2. The molecule has 1 rings (SSSR count). The summed E-state index contributed by atoms with van der Waals surface area (Å²) in [6.45, 7) is 5.01. The van der Waals surface area contributed by atoms with Crippen molar-refractivity contribution >= 4 is 6.09 Å². The first-order valence-electron chi connectivity index (χ1n) is 5.16. The van der Waals surface area contributed by atoms with Crippen LogP contribution in [0, 0.1) is 5.41 Å². The first-order chi connectivity index (χ1) is 7.20. The Kier molecular flexibility index (Phi) is 3.42. The summed E-state index contributed by atoms with van der Waals surface area (Å²) in [5.74, 6) is 0. The van der Waals surface area contributed by atoms with E-state index in [0.29, 0.717) is 0 Å². The third-order valence-corrected chi connectivity index (χ3v) is 2.53. The van der Waals surface area contributed by atoms with Crippen molar-refractivity contribution in [1.82, 2.24) is 4.90 Å². The topological polar surface area (TPSA) is 55.6 Å². The minimum absolute atomic E-state index is 0.0317. The summed E-state index contributed by atoms with van der Waals surface area (Å²) in [7, 11) is 0. The lowest BCUT2D eigenvalue weighted by Gasteiger charge is -2.48. The predicted molar refractivity (Wildman–Crippen MR) is 55.3 cm³/mol. The Morgan fingerprint density at radius 3 is 2.31 bits per heavy atom. The van der Waals surface area contributed by atoms with Gasteiger partial charge in [0.05, 0.1) is 5.41 Å². The molecule has 6 heteroatoms. The van der Waals surface area contributed by atoms with Crippen LogP contribution in [0.2, 0.25) is 0 Å². The molecule has 0 aromatic carbocycles. The Morgan fingerprint density at radius 2 is 2.00 bits per heavy atom. The highest BCUT2D eigenvalue weighted by Crippen LogP contribution is 2.36. The number of ether oxygens (including phenoxy) is 1. The molecule has 1 fully saturated rings. The lowest BCUT2D eigenvalue weighted by Crippen LogP contribution is -2.65. The molecule has 0 aliphatic carbocycles. The van der Waals surface area contributed by atoms with Crippen LogP contribution < -0.4 is 5.73 Å². The summed E-state index contributed by atoms with van der Waals surface area (Å²) < 4.78 is 30.4. The van der Waals surface area contributed by atoms with Gasteiger partial charge in [0.1, 0.15) is 5.60 Å². The van der Waals surface area contributed by atoms with Gasteiger partial charge in [-0.2, -0.15) is 0 Å². The zero-order chi connectivity index (χ0) is 12.6. The minimum atomic E-state index is -2.50. The van der Waals surface area contributed by atoms with Crippen molar-refractivity contribution in [2.45, 2.75) is 32.8 Å². The van der Waals surface area contributed by atoms with Gasteiger partial charge in [-0.05, 0) is 20.8 Å². The number of nitrogens with zero attached hydrogens (tertiary/aromatic N) is 1. The van der Waals surface area contributed by atoms with E-state index in [1.54, 1.807) is 20.8 Å². The zero-order valence-corrected chi connectivity index (χ0v) is 9.80. The highest BCUT2D eigenvalue weighted by atomic mass is 19.3. The molecule has 0 bridgehead atoms. The molecule has 0 radical (unpaired) electrons. The molecular weight excluding hydrogens is 218 g/mol. The van der Waals surface area contributed by atoms with Gasteiger partial charge in [0.15, 0.2) is 0 Å². The van der Waals surface area contributed by atoms with E-state index >= 15 is 0 Å². The second-order valence-corrected chi connectivity index (χ2v) is 5.20. The molecule has 0 atom stereocenters. The maximum atomic E-state index is 12.7. The average Bonchev–Trinajstić information content (AvgIpc) is 1.98. The fourth-order valence-corrected chi connectivity index (χ4v) is 1.53. The Labute approximate surface area is 93.7 Å². The SMILES string of the molecule is CC(C)(C)OC(=O)N1CC(CN)(C(F)F)C1. The summed E-state index contributed by atoms with van der Waals surface area (Å²) in [4.78, 5) is 12.7.